The van der Waals surface area contributed by atoms with Crippen molar-refractivity contribution in [1.82, 2.24) is 0 Å². The first-order valence-corrected chi connectivity index (χ1v) is 3.49. The monoisotopic (exact) mass is 128 g/mol. The Labute approximate surface area is 55.2 Å². The third kappa shape index (κ3) is 1.79. The molecular weight excluding hydrogens is 116 g/mol. The molecule has 1 fully saturated rings. The molecule has 0 aromatic carbocycles. The highest BCUT2D eigenvalue weighted by molar-refractivity contribution is 5.60. The number of hydrogen-bond acceptors (Lipinski definition) is 2. The SMILES string of the molecule is CCCC[C@@H]1O[C@H]1C=O. The zero-order valence-corrected chi connectivity index (χ0v) is 5.67. The second-order valence-electron chi connectivity index (χ2n) is 2.42. The van der Waals surface area contributed by atoms with E-state index in [-0.39, 0.29) is 12.2 Å². The van der Waals surface area contributed by atoms with Crippen molar-refractivity contribution < 1.29 is 9.53 Å². The minimum atomic E-state index is -0.0588. The second kappa shape index (κ2) is 2.97. The Morgan fingerprint density at radius 2 is 2.44 bits per heavy atom. The highest BCUT2D eigenvalue weighted by Crippen LogP contribution is 2.24. The number of unbranched alkanes of at least 4 members (excludes halogenated alkanes) is 1. The van der Waals surface area contributed by atoms with E-state index in [0.717, 1.165) is 12.7 Å². The maximum absolute atomic E-state index is 10.0. The van der Waals surface area contributed by atoms with Crippen LogP contribution < -0.4 is 0 Å². The van der Waals surface area contributed by atoms with Gasteiger partial charge in [-0.1, -0.05) is 19.8 Å². The van der Waals surface area contributed by atoms with Crippen LogP contribution in [0.5, 0.6) is 0 Å². The maximum atomic E-state index is 10.0. The summed E-state index contributed by atoms with van der Waals surface area (Å²) in [6.45, 7) is 2.14. The van der Waals surface area contributed by atoms with Crippen LogP contribution in [0.1, 0.15) is 26.2 Å². The van der Waals surface area contributed by atoms with Crippen LogP contribution in [0.4, 0.5) is 0 Å². The number of epoxide rings is 1. The maximum Gasteiger partial charge on any atom is 0.151 e. The molecule has 0 bridgehead atoms. The Hall–Kier alpha value is -0.370. The summed E-state index contributed by atoms with van der Waals surface area (Å²) in [6.07, 6.45) is 4.51. The van der Waals surface area contributed by atoms with Gasteiger partial charge in [0.15, 0.2) is 6.29 Å². The fraction of sp³-hybridized carbons (Fsp3) is 0.857. The smallest absolute Gasteiger partial charge is 0.151 e. The number of carbonyl (C=O) groups is 1. The van der Waals surface area contributed by atoms with Crippen molar-refractivity contribution in [2.75, 3.05) is 0 Å². The molecule has 0 saturated carbocycles. The highest BCUT2D eigenvalue weighted by atomic mass is 16.6. The lowest BCUT2D eigenvalue weighted by molar-refractivity contribution is -0.108. The van der Waals surface area contributed by atoms with Crippen molar-refractivity contribution in [3.05, 3.63) is 0 Å². The largest absolute Gasteiger partial charge is 0.362 e. The van der Waals surface area contributed by atoms with Gasteiger partial charge in [-0.2, -0.15) is 0 Å². The standard InChI is InChI=1S/C7H12O2/c1-2-3-4-6-7(5-8)9-6/h5-7H,2-4H2,1H3/t6-,7-/m0/s1. The molecule has 0 radical (unpaired) electrons. The van der Waals surface area contributed by atoms with Crippen molar-refractivity contribution in [3.63, 3.8) is 0 Å². The average Bonchev–Trinajstić information content (AvgIpc) is 2.62. The first-order chi connectivity index (χ1) is 4.38. The number of carbonyl (C=O) groups excluding carboxylic acids is 1. The first-order valence-electron chi connectivity index (χ1n) is 3.49. The third-order valence-corrected chi connectivity index (χ3v) is 1.60. The first kappa shape index (κ1) is 6.75. The van der Waals surface area contributed by atoms with E-state index in [1.807, 2.05) is 0 Å². The molecule has 2 heteroatoms. The average molecular weight is 128 g/mol. The molecule has 1 rings (SSSR count). The summed E-state index contributed by atoms with van der Waals surface area (Å²) >= 11 is 0. The number of hydrogen-bond donors (Lipinski definition) is 0. The van der Waals surface area contributed by atoms with Gasteiger partial charge in [-0.15, -0.1) is 0 Å². The van der Waals surface area contributed by atoms with Gasteiger partial charge in [0.05, 0.1) is 6.10 Å². The number of aldehydes is 1. The van der Waals surface area contributed by atoms with Crippen molar-refractivity contribution in [2.24, 2.45) is 0 Å². The van der Waals surface area contributed by atoms with Crippen molar-refractivity contribution in [2.45, 2.75) is 38.4 Å². The molecule has 1 heterocycles. The molecule has 0 aliphatic carbocycles. The van der Waals surface area contributed by atoms with Crippen LogP contribution >= 0.6 is 0 Å². The van der Waals surface area contributed by atoms with Crippen LogP contribution in [-0.2, 0) is 9.53 Å². The fourth-order valence-corrected chi connectivity index (χ4v) is 0.914. The van der Waals surface area contributed by atoms with E-state index >= 15 is 0 Å². The summed E-state index contributed by atoms with van der Waals surface area (Å²) in [4.78, 5) is 10.0. The number of rotatable bonds is 4. The van der Waals surface area contributed by atoms with E-state index < -0.39 is 0 Å². The minimum Gasteiger partial charge on any atom is -0.362 e. The summed E-state index contributed by atoms with van der Waals surface area (Å²) in [5, 5.41) is 0. The molecule has 0 aromatic rings. The molecule has 0 amide bonds. The zero-order valence-electron chi connectivity index (χ0n) is 5.67. The molecule has 1 aliphatic rings. The van der Waals surface area contributed by atoms with Gasteiger partial charge in [0.25, 0.3) is 0 Å². The van der Waals surface area contributed by atoms with Crippen molar-refractivity contribution in [3.8, 4) is 0 Å². The normalized spacial score (nSPS) is 32.1. The second-order valence-corrected chi connectivity index (χ2v) is 2.42. The van der Waals surface area contributed by atoms with Crippen molar-refractivity contribution >= 4 is 6.29 Å². The van der Waals surface area contributed by atoms with E-state index in [2.05, 4.69) is 6.92 Å². The molecule has 0 aromatic heterocycles. The lowest BCUT2D eigenvalue weighted by Gasteiger charge is -1.87. The Balaban J connectivity index is 1.98. The van der Waals surface area contributed by atoms with E-state index in [1.54, 1.807) is 0 Å². The van der Waals surface area contributed by atoms with Gasteiger partial charge in [-0.25, -0.2) is 0 Å². The van der Waals surface area contributed by atoms with E-state index in [0.29, 0.717) is 0 Å². The van der Waals surface area contributed by atoms with E-state index in [1.165, 1.54) is 12.8 Å². The molecule has 52 valence electrons. The minimum absolute atomic E-state index is 0.0588. The van der Waals surface area contributed by atoms with Crippen LogP contribution in [0.3, 0.4) is 0 Å². The topological polar surface area (TPSA) is 29.6 Å². The lowest BCUT2D eigenvalue weighted by Crippen LogP contribution is -1.93. The Bertz CT molecular complexity index is 101. The quantitative estimate of drug-likeness (QED) is 0.419. The molecule has 0 unspecified atom stereocenters. The summed E-state index contributed by atoms with van der Waals surface area (Å²) in [5.74, 6) is 0. The van der Waals surface area contributed by atoms with Crippen LogP contribution in [-0.4, -0.2) is 18.5 Å². The van der Waals surface area contributed by atoms with Gasteiger partial charge in [-0.05, 0) is 6.42 Å². The van der Waals surface area contributed by atoms with Gasteiger partial charge in [0.2, 0.25) is 0 Å². The van der Waals surface area contributed by atoms with Gasteiger partial charge in [0.1, 0.15) is 6.10 Å². The van der Waals surface area contributed by atoms with Crippen LogP contribution in [0.15, 0.2) is 0 Å². The summed E-state index contributed by atoms with van der Waals surface area (Å²) < 4.78 is 5.00. The van der Waals surface area contributed by atoms with Crippen LogP contribution in [0.2, 0.25) is 0 Å². The van der Waals surface area contributed by atoms with Crippen molar-refractivity contribution in [1.29, 1.82) is 0 Å². The molecule has 9 heavy (non-hydrogen) atoms. The molecule has 0 N–H and O–H groups in total. The summed E-state index contributed by atoms with van der Waals surface area (Å²) in [7, 11) is 0. The Kier molecular flexibility index (Phi) is 2.22. The zero-order chi connectivity index (χ0) is 6.69. The lowest BCUT2D eigenvalue weighted by atomic mass is 10.2. The van der Waals surface area contributed by atoms with Gasteiger partial charge >= 0.3 is 0 Å². The van der Waals surface area contributed by atoms with E-state index in [4.69, 9.17) is 4.74 Å². The molecule has 0 spiro atoms. The Morgan fingerprint density at radius 3 is 2.89 bits per heavy atom. The Morgan fingerprint density at radius 1 is 1.67 bits per heavy atom. The molecule has 1 aliphatic heterocycles. The fourth-order valence-electron chi connectivity index (χ4n) is 0.914. The summed E-state index contributed by atoms with van der Waals surface area (Å²) in [5.41, 5.74) is 0. The third-order valence-electron chi connectivity index (χ3n) is 1.60. The highest BCUT2D eigenvalue weighted by Gasteiger charge is 2.37. The molecular formula is C7H12O2. The predicted octanol–water partition coefficient (Wildman–Crippen LogP) is 1.14. The van der Waals surface area contributed by atoms with Gasteiger partial charge < -0.3 is 9.53 Å². The van der Waals surface area contributed by atoms with Gasteiger partial charge in [-0.3, -0.25) is 0 Å². The molecule has 1 saturated heterocycles. The summed E-state index contributed by atoms with van der Waals surface area (Å²) in [6, 6.07) is 0. The number of ether oxygens (including phenoxy) is 1. The van der Waals surface area contributed by atoms with Crippen LogP contribution in [0, 0.1) is 0 Å². The van der Waals surface area contributed by atoms with E-state index in [9.17, 15) is 4.79 Å². The molecule has 2 atom stereocenters. The van der Waals surface area contributed by atoms with Crippen LogP contribution in [0.25, 0.3) is 0 Å². The van der Waals surface area contributed by atoms with Gasteiger partial charge in [0, 0.05) is 0 Å². The predicted molar refractivity (Wildman–Crippen MR) is 34.2 cm³/mol. The molecule has 2 nitrogen and oxygen atoms in total.